The topological polar surface area (TPSA) is 73.6 Å². The van der Waals surface area contributed by atoms with Crippen LogP contribution in [0.25, 0.3) is 6.08 Å². The first-order valence-corrected chi connectivity index (χ1v) is 8.36. The van der Waals surface area contributed by atoms with Crippen LogP contribution in [0.15, 0.2) is 42.5 Å². The van der Waals surface area contributed by atoms with Gasteiger partial charge in [0, 0.05) is 6.08 Å². The van der Waals surface area contributed by atoms with Crippen LogP contribution in [0.2, 0.25) is 0 Å². The van der Waals surface area contributed by atoms with E-state index in [1.165, 1.54) is 11.6 Å². The van der Waals surface area contributed by atoms with Gasteiger partial charge in [-0.15, -0.1) is 0 Å². The van der Waals surface area contributed by atoms with E-state index in [1.54, 1.807) is 13.2 Å². The molecule has 0 aliphatic carbocycles. The zero-order valence-corrected chi connectivity index (χ0v) is 15.7. The SMILES string of the molecule is COc1cc(/C=C/C(=O)NN)cc(I)c1OCc1ccccc1C. The van der Waals surface area contributed by atoms with E-state index >= 15 is 0 Å². The molecule has 0 saturated carbocycles. The van der Waals surface area contributed by atoms with Crippen molar-refractivity contribution in [3.05, 3.63) is 62.7 Å². The van der Waals surface area contributed by atoms with Crippen molar-refractivity contribution in [3.8, 4) is 11.5 Å². The highest BCUT2D eigenvalue weighted by atomic mass is 127. The number of carbonyl (C=O) groups excluding carboxylic acids is 1. The number of hydrogen-bond acceptors (Lipinski definition) is 4. The summed E-state index contributed by atoms with van der Waals surface area (Å²) in [6.45, 7) is 2.51. The lowest BCUT2D eigenvalue weighted by Crippen LogP contribution is -2.27. The van der Waals surface area contributed by atoms with Crippen LogP contribution >= 0.6 is 22.6 Å². The van der Waals surface area contributed by atoms with E-state index in [2.05, 4.69) is 35.6 Å². The number of amides is 1. The zero-order valence-electron chi connectivity index (χ0n) is 13.5. The largest absolute Gasteiger partial charge is 0.493 e. The van der Waals surface area contributed by atoms with Crippen molar-refractivity contribution in [3.63, 3.8) is 0 Å². The fourth-order valence-electron chi connectivity index (χ4n) is 2.12. The molecular formula is C18H19IN2O3. The summed E-state index contributed by atoms with van der Waals surface area (Å²) in [7, 11) is 1.59. The molecule has 24 heavy (non-hydrogen) atoms. The first-order valence-electron chi connectivity index (χ1n) is 7.28. The number of nitrogens with two attached hydrogens (primary N) is 1. The fraction of sp³-hybridized carbons (Fsp3) is 0.167. The van der Waals surface area contributed by atoms with Crippen LogP contribution in [-0.4, -0.2) is 13.0 Å². The van der Waals surface area contributed by atoms with Crippen molar-refractivity contribution in [2.45, 2.75) is 13.5 Å². The molecule has 0 heterocycles. The molecule has 2 aromatic carbocycles. The van der Waals surface area contributed by atoms with Gasteiger partial charge in [-0.05, 0) is 64.4 Å². The van der Waals surface area contributed by atoms with Gasteiger partial charge >= 0.3 is 0 Å². The Labute approximate surface area is 154 Å². The molecule has 0 saturated heterocycles. The van der Waals surface area contributed by atoms with Crippen LogP contribution in [-0.2, 0) is 11.4 Å². The van der Waals surface area contributed by atoms with Crippen LogP contribution in [0.3, 0.4) is 0 Å². The third-order valence-electron chi connectivity index (χ3n) is 3.45. The lowest BCUT2D eigenvalue weighted by atomic mass is 10.1. The normalized spacial score (nSPS) is 10.7. The molecule has 2 aromatic rings. The molecule has 0 bridgehead atoms. The second-order valence-corrected chi connectivity index (χ2v) is 6.25. The minimum absolute atomic E-state index is 0.371. The third kappa shape index (κ3) is 4.72. The maximum absolute atomic E-state index is 11.2. The molecule has 0 fully saturated rings. The monoisotopic (exact) mass is 438 g/mol. The molecule has 0 radical (unpaired) electrons. The number of rotatable bonds is 6. The molecule has 3 N–H and O–H groups in total. The van der Waals surface area contributed by atoms with Crippen LogP contribution in [0, 0.1) is 10.5 Å². The minimum Gasteiger partial charge on any atom is -0.493 e. The predicted molar refractivity (Wildman–Crippen MR) is 103 cm³/mol. The summed E-state index contributed by atoms with van der Waals surface area (Å²) in [5.74, 6) is 5.98. The number of hydrogen-bond donors (Lipinski definition) is 2. The van der Waals surface area contributed by atoms with Crippen LogP contribution in [0.5, 0.6) is 11.5 Å². The molecule has 0 unspecified atom stereocenters. The summed E-state index contributed by atoms with van der Waals surface area (Å²) in [5, 5.41) is 0. The molecule has 5 nitrogen and oxygen atoms in total. The molecule has 0 aromatic heterocycles. The molecule has 2 rings (SSSR count). The Morgan fingerprint density at radius 2 is 2.08 bits per heavy atom. The predicted octanol–water partition coefficient (Wildman–Crippen LogP) is 3.19. The summed E-state index contributed by atoms with van der Waals surface area (Å²) in [6, 6.07) is 11.8. The number of carbonyl (C=O) groups is 1. The molecule has 1 amide bonds. The summed E-state index contributed by atoms with van der Waals surface area (Å²) in [6.07, 6.45) is 3.02. The Bertz CT molecular complexity index is 760. The molecular weight excluding hydrogens is 419 g/mol. The van der Waals surface area contributed by atoms with Gasteiger partial charge in [0.2, 0.25) is 0 Å². The number of methoxy groups -OCH3 is 1. The molecule has 6 heteroatoms. The second-order valence-electron chi connectivity index (χ2n) is 5.09. The van der Waals surface area contributed by atoms with Gasteiger partial charge in [-0.3, -0.25) is 10.2 Å². The maximum atomic E-state index is 11.2. The van der Waals surface area contributed by atoms with Gasteiger partial charge in [0.1, 0.15) is 6.61 Å². The van der Waals surface area contributed by atoms with Crippen LogP contribution in [0.1, 0.15) is 16.7 Å². The van der Waals surface area contributed by atoms with E-state index in [0.717, 1.165) is 14.7 Å². The summed E-state index contributed by atoms with van der Waals surface area (Å²) < 4.78 is 12.3. The highest BCUT2D eigenvalue weighted by Crippen LogP contribution is 2.35. The van der Waals surface area contributed by atoms with Gasteiger partial charge in [0.05, 0.1) is 10.7 Å². The minimum atomic E-state index is -0.371. The van der Waals surface area contributed by atoms with E-state index in [1.807, 2.05) is 35.8 Å². The standard InChI is InChI=1S/C18H19IN2O3/c1-12-5-3-4-6-14(12)11-24-18-15(19)9-13(10-16(18)23-2)7-8-17(22)21-20/h3-10H,11,20H2,1-2H3,(H,21,22)/b8-7+. The average Bonchev–Trinajstić information content (AvgIpc) is 2.59. The van der Waals surface area contributed by atoms with Gasteiger partial charge in [0.15, 0.2) is 11.5 Å². The van der Waals surface area contributed by atoms with Crippen molar-refractivity contribution < 1.29 is 14.3 Å². The smallest absolute Gasteiger partial charge is 0.257 e. The number of benzene rings is 2. The highest BCUT2D eigenvalue weighted by Gasteiger charge is 2.12. The summed E-state index contributed by atoms with van der Waals surface area (Å²) in [4.78, 5) is 11.2. The lowest BCUT2D eigenvalue weighted by Gasteiger charge is -2.14. The molecule has 0 aliphatic heterocycles. The van der Waals surface area contributed by atoms with Crippen molar-refractivity contribution in [1.82, 2.24) is 5.43 Å². The number of hydrazine groups is 1. The van der Waals surface area contributed by atoms with E-state index < -0.39 is 0 Å². The van der Waals surface area contributed by atoms with Gasteiger partial charge in [0.25, 0.3) is 5.91 Å². The number of halogens is 1. The first kappa shape index (κ1) is 18.3. The van der Waals surface area contributed by atoms with Crippen molar-refractivity contribution in [1.29, 1.82) is 0 Å². The Hall–Kier alpha value is -2.06. The fourth-order valence-corrected chi connectivity index (χ4v) is 2.90. The molecule has 0 spiro atoms. The van der Waals surface area contributed by atoms with E-state index in [-0.39, 0.29) is 5.91 Å². The maximum Gasteiger partial charge on any atom is 0.257 e. The van der Waals surface area contributed by atoms with Gasteiger partial charge in [-0.25, -0.2) is 5.84 Å². The van der Waals surface area contributed by atoms with Crippen LogP contribution in [0.4, 0.5) is 0 Å². The van der Waals surface area contributed by atoms with Crippen molar-refractivity contribution in [2.75, 3.05) is 7.11 Å². The molecule has 126 valence electrons. The Kier molecular flexibility index (Phi) is 6.62. The third-order valence-corrected chi connectivity index (χ3v) is 4.26. The Morgan fingerprint density at radius 3 is 2.75 bits per heavy atom. The quantitative estimate of drug-likeness (QED) is 0.239. The zero-order chi connectivity index (χ0) is 17.5. The van der Waals surface area contributed by atoms with E-state index in [4.69, 9.17) is 15.3 Å². The van der Waals surface area contributed by atoms with Gasteiger partial charge < -0.3 is 9.47 Å². The second kappa shape index (κ2) is 8.70. The van der Waals surface area contributed by atoms with E-state index in [9.17, 15) is 4.79 Å². The Morgan fingerprint density at radius 1 is 1.33 bits per heavy atom. The van der Waals surface area contributed by atoms with Crippen LogP contribution < -0.4 is 20.7 Å². The Balaban J connectivity index is 2.22. The average molecular weight is 438 g/mol. The number of nitrogens with one attached hydrogen (secondary N) is 1. The molecule has 0 atom stereocenters. The lowest BCUT2D eigenvalue weighted by molar-refractivity contribution is -0.116. The summed E-state index contributed by atoms with van der Waals surface area (Å²) in [5.41, 5.74) is 5.18. The van der Waals surface area contributed by atoms with E-state index in [0.29, 0.717) is 18.1 Å². The van der Waals surface area contributed by atoms with Crippen molar-refractivity contribution >= 4 is 34.6 Å². The molecule has 0 aliphatic rings. The number of ether oxygens (including phenoxy) is 2. The highest BCUT2D eigenvalue weighted by molar-refractivity contribution is 14.1. The van der Waals surface area contributed by atoms with Crippen molar-refractivity contribution in [2.24, 2.45) is 5.84 Å². The number of aryl methyl sites for hydroxylation is 1. The van der Waals surface area contributed by atoms with Gasteiger partial charge in [-0.1, -0.05) is 24.3 Å². The first-order chi connectivity index (χ1) is 11.5. The summed E-state index contributed by atoms with van der Waals surface area (Å²) >= 11 is 2.19. The van der Waals surface area contributed by atoms with Gasteiger partial charge in [-0.2, -0.15) is 0 Å².